The van der Waals surface area contributed by atoms with E-state index in [2.05, 4.69) is 10.1 Å². The number of pyridine rings is 1. The zero-order valence-corrected chi connectivity index (χ0v) is 17.6. The van der Waals surface area contributed by atoms with Crippen molar-refractivity contribution in [2.24, 2.45) is 0 Å². The van der Waals surface area contributed by atoms with Gasteiger partial charge in [0.25, 0.3) is 10.9 Å². The Balaban J connectivity index is 2.24. The third kappa shape index (κ3) is 3.88. The molecule has 0 N–H and O–H groups in total. The fourth-order valence-electron chi connectivity index (χ4n) is 2.50. The van der Waals surface area contributed by atoms with Crippen molar-refractivity contribution in [3.8, 4) is 0 Å². The molecule has 27 heavy (non-hydrogen) atoms. The highest BCUT2D eigenvalue weighted by molar-refractivity contribution is 7.90. The molecule has 1 atom stereocenters. The third-order valence-electron chi connectivity index (χ3n) is 3.74. The van der Waals surface area contributed by atoms with Crippen molar-refractivity contribution in [3.63, 3.8) is 0 Å². The van der Waals surface area contributed by atoms with Crippen LogP contribution in [-0.2, 0) is 16.9 Å². The molecule has 0 saturated carbocycles. The van der Waals surface area contributed by atoms with Crippen LogP contribution in [0.4, 0.5) is 0 Å². The summed E-state index contributed by atoms with van der Waals surface area (Å²) in [6.45, 7) is 1.73. The Kier molecular flexibility index (Phi) is 5.88. The molecule has 0 aliphatic heterocycles. The molecular weight excluding hydrogens is 433 g/mol. The predicted molar refractivity (Wildman–Crippen MR) is 106 cm³/mol. The van der Waals surface area contributed by atoms with Gasteiger partial charge < -0.3 is 14.0 Å². The summed E-state index contributed by atoms with van der Waals surface area (Å²) in [5.74, 6) is 0.161. The van der Waals surface area contributed by atoms with E-state index in [0.29, 0.717) is 21.9 Å². The fraction of sp³-hybridized carbons (Fsp3) is 0.235. The molecule has 0 aliphatic rings. The van der Waals surface area contributed by atoms with Crippen LogP contribution in [0.15, 0.2) is 27.7 Å². The van der Waals surface area contributed by atoms with Gasteiger partial charge in [-0.2, -0.15) is 4.98 Å². The minimum Gasteiger partial charge on any atom is -0.610 e. The molecule has 0 bridgehead atoms. The predicted octanol–water partition coefficient (Wildman–Crippen LogP) is 4.50. The minimum absolute atomic E-state index is 0.0120. The SMILES string of the molecule is Cc1cc(C[S+]([O-])c2nc3c(Cl)ccc(Cl)c3c(Cl)c2C(=O)N(C)C)no1. The summed E-state index contributed by atoms with van der Waals surface area (Å²) in [6, 6.07) is 4.80. The Hall–Kier alpha value is -1.51. The number of hydrogen-bond donors (Lipinski definition) is 0. The van der Waals surface area contributed by atoms with E-state index in [4.69, 9.17) is 39.3 Å². The van der Waals surface area contributed by atoms with Gasteiger partial charge in [0, 0.05) is 36.7 Å². The average molecular weight is 447 g/mol. The van der Waals surface area contributed by atoms with Crippen LogP contribution in [0.25, 0.3) is 10.9 Å². The van der Waals surface area contributed by atoms with Crippen LogP contribution in [0.5, 0.6) is 0 Å². The fourth-order valence-corrected chi connectivity index (χ4v) is 4.56. The van der Waals surface area contributed by atoms with Crippen LogP contribution < -0.4 is 0 Å². The normalized spacial score (nSPS) is 12.4. The van der Waals surface area contributed by atoms with Crippen molar-refractivity contribution in [1.29, 1.82) is 0 Å². The van der Waals surface area contributed by atoms with E-state index in [9.17, 15) is 9.35 Å². The molecule has 0 radical (unpaired) electrons. The molecule has 142 valence electrons. The Labute approximate surface area is 173 Å². The van der Waals surface area contributed by atoms with Gasteiger partial charge in [-0.25, -0.2) is 0 Å². The Morgan fingerprint density at radius 1 is 1.26 bits per heavy atom. The van der Waals surface area contributed by atoms with Gasteiger partial charge >= 0.3 is 0 Å². The van der Waals surface area contributed by atoms with Crippen LogP contribution in [-0.4, -0.2) is 39.6 Å². The van der Waals surface area contributed by atoms with E-state index in [0.717, 1.165) is 0 Å². The van der Waals surface area contributed by atoms with Gasteiger partial charge in [-0.3, -0.25) is 4.79 Å². The maximum Gasteiger partial charge on any atom is 0.261 e. The standard InChI is InChI=1S/C17H14Cl3N3O3S/c1-8-6-9(22-26-8)7-27(25)16-13(17(24)23(2)3)14(20)12-10(18)4-5-11(19)15(12)21-16/h4-6H,7H2,1-3H3. The van der Waals surface area contributed by atoms with Crippen molar-refractivity contribution in [3.05, 3.63) is 50.3 Å². The molecule has 0 aliphatic carbocycles. The number of carbonyl (C=O) groups excluding carboxylic acids is 1. The molecule has 1 unspecified atom stereocenters. The van der Waals surface area contributed by atoms with E-state index in [-0.39, 0.29) is 31.9 Å². The first-order chi connectivity index (χ1) is 12.7. The van der Waals surface area contributed by atoms with E-state index < -0.39 is 17.1 Å². The zero-order valence-electron chi connectivity index (χ0n) is 14.5. The molecule has 1 amide bonds. The van der Waals surface area contributed by atoms with Crippen LogP contribution in [0.2, 0.25) is 15.1 Å². The number of hydrogen-bond acceptors (Lipinski definition) is 5. The molecule has 6 nitrogen and oxygen atoms in total. The van der Waals surface area contributed by atoms with E-state index in [1.54, 1.807) is 39.2 Å². The van der Waals surface area contributed by atoms with E-state index >= 15 is 0 Å². The molecule has 2 heterocycles. The molecule has 3 rings (SSSR count). The lowest BCUT2D eigenvalue weighted by Crippen LogP contribution is -2.25. The molecular formula is C17H14Cl3N3O3S. The topological polar surface area (TPSA) is 82.3 Å². The first kappa shape index (κ1) is 20.2. The summed E-state index contributed by atoms with van der Waals surface area (Å²) < 4.78 is 18.0. The first-order valence-corrected chi connectivity index (χ1v) is 10.2. The second kappa shape index (κ2) is 7.85. The molecule has 0 spiro atoms. The highest BCUT2D eigenvalue weighted by atomic mass is 35.5. The van der Waals surface area contributed by atoms with Crippen molar-refractivity contribution in [2.45, 2.75) is 17.7 Å². The van der Waals surface area contributed by atoms with Gasteiger partial charge in [-0.05, 0) is 19.1 Å². The molecule has 2 aromatic heterocycles. The first-order valence-electron chi connectivity index (χ1n) is 7.70. The van der Waals surface area contributed by atoms with Crippen molar-refractivity contribution in [1.82, 2.24) is 15.0 Å². The van der Waals surface area contributed by atoms with Crippen LogP contribution >= 0.6 is 34.8 Å². The van der Waals surface area contributed by atoms with Crippen LogP contribution in [0.1, 0.15) is 21.8 Å². The lowest BCUT2D eigenvalue weighted by Gasteiger charge is -2.18. The second-order valence-corrected chi connectivity index (χ2v) is 8.54. The third-order valence-corrected chi connectivity index (χ3v) is 6.02. The number of rotatable bonds is 4. The number of carbonyl (C=O) groups is 1. The number of nitrogens with zero attached hydrogens (tertiary/aromatic N) is 3. The number of benzene rings is 1. The number of fused-ring (bicyclic) bond motifs is 1. The molecule has 3 aromatic rings. The van der Waals surface area contributed by atoms with Gasteiger partial charge in [-0.1, -0.05) is 40.0 Å². The number of aryl methyl sites for hydroxylation is 1. The van der Waals surface area contributed by atoms with Gasteiger partial charge in [0.05, 0.1) is 20.6 Å². The summed E-state index contributed by atoms with van der Waals surface area (Å²) in [4.78, 5) is 18.5. The van der Waals surface area contributed by atoms with Gasteiger partial charge in [-0.15, -0.1) is 0 Å². The summed E-state index contributed by atoms with van der Waals surface area (Å²) in [7, 11) is 3.13. The van der Waals surface area contributed by atoms with Gasteiger partial charge in [0.2, 0.25) is 0 Å². The van der Waals surface area contributed by atoms with E-state index in [1.165, 1.54) is 4.90 Å². The Morgan fingerprint density at radius 3 is 2.52 bits per heavy atom. The molecule has 10 heteroatoms. The molecule has 1 aromatic carbocycles. The summed E-state index contributed by atoms with van der Waals surface area (Å²) in [6.07, 6.45) is 0. The smallest absolute Gasteiger partial charge is 0.261 e. The van der Waals surface area contributed by atoms with Gasteiger partial charge in [0.1, 0.15) is 17.0 Å². The average Bonchev–Trinajstić information content (AvgIpc) is 3.01. The zero-order chi connectivity index (χ0) is 19.9. The summed E-state index contributed by atoms with van der Waals surface area (Å²) in [5, 5.41) is 4.85. The van der Waals surface area contributed by atoms with Crippen molar-refractivity contribution >= 4 is 62.8 Å². The molecule has 0 saturated heterocycles. The largest absolute Gasteiger partial charge is 0.610 e. The highest BCUT2D eigenvalue weighted by Crippen LogP contribution is 2.39. The number of halogens is 3. The number of aromatic nitrogens is 2. The maximum absolute atomic E-state index is 13.0. The monoisotopic (exact) mass is 445 g/mol. The quantitative estimate of drug-likeness (QED) is 0.551. The van der Waals surface area contributed by atoms with Gasteiger partial charge in [0.15, 0.2) is 5.75 Å². The Bertz CT molecular complexity index is 1040. The maximum atomic E-state index is 13.0. The second-order valence-electron chi connectivity index (χ2n) is 5.98. The highest BCUT2D eigenvalue weighted by Gasteiger charge is 2.31. The molecule has 0 fully saturated rings. The van der Waals surface area contributed by atoms with Crippen LogP contribution in [0.3, 0.4) is 0 Å². The van der Waals surface area contributed by atoms with Crippen LogP contribution in [0, 0.1) is 6.92 Å². The number of amides is 1. The Morgan fingerprint density at radius 2 is 1.93 bits per heavy atom. The van der Waals surface area contributed by atoms with E-state index in [1.807, 2.05) is 0 Å². The lowest BCUT2D eigenvalue weighted by molar-refractivity contribution is 0.0823. The minimum atomic E-state index is -1.72. The lowest BCUT2D eigenvalue weighted by atomic mass is 10.1. The summed E-state index contributed by atoms with van der Waals surface area (Å²) in [5.41, 5.74) is 0.783. The van der Waals surface area contributed by atoms with Crippen molar-refractivity contribution < 1.29 is 13.9 Å². The van der Waals surface area contributed by atoms with Crippen molar-refractivity contribution in [2.75, 3.05) is 14.1 Å². The summed E-state index contributed by atoms with van der Waals surface area (Å²) >= 11 is 17.3.